The van der Waals surface area contributed by atoms with E-state index in [9.17, 15) is 0 Å². The van der Waals surface area contributed by atoms with Crippen LogP contribution in [0.25, 0.3) is 0 Å². The smallest absolute Gasteiger partial charge is 0.161 e. The summed E-state index contributed by atoms with van der Waals surface area (Å²) in [6.07, 6.45) is 2.22. The van der Waals surface area contributed by atoms with E-state index in [4.69, 9.17) is 9.47 Å². The van der Waals surface area contributed by atoms with E-state index in [0.29, 0.717) is 6.04 Å². The number of anilines is 1. The van der Waals surface area contributed by atoms with Crippen LogP contribution in [-0.4, -0.2) is 21.3 Å². The molecule has 0 spiro atoms. The van der Waals surface area contributed by atoms with Crippen LogP contribution in [-0.2, 0) is 6.42 Å². The Morgan fingerprint density at radius 3 is 2.52 bits per heavy atom. The molecule has 0 amide bonds. The fraction of sp³-hybridized carbons (Fsp3) is 0.333. The van der Waals surface area contributed by atoms with Crippen molar-refractivity contribution in [2.45, 2.75) is 18.9 Å². The average molecular weight is 283 g/mol. The number of aryl methyl sites for hydroxylation is 1. The first kappa shape index (κ1) is 13.8. The molecule has 0 radical (unpaired) electrons. The van der Waals surface area contributed by atoms with Gasteiger partial charge in [-0.3, -0.25) is 0 Å². The quantitative estimate of drug-likeness (QED) is 0.854. The van der Waals surface area contributed by atoms with Gasteiger partial charge in [0.15, 0.2) is 11.5 Å². The molecule has 1 heterocycles. The monoisotopic (exact) mass is 283 g/mol. The number of methoxy groups -OCH3 is 2. The Morgan fingerprint density at radius 1 is 1.00 bits per heavy atom. The lowest BCUT2D eigenvalue weighted by Gasteiger charge is -2.36. The van der Waals surface area contributed by atoms with Gasteiger partial charge in [-0.25, -0.2) is 0 Å². The molecule has 3 rings (SSSR count). The van der Waals surface area contributed by atoms with Gasteiger partial charge in [0.05, 0.1) is 20.3 Å². The zero-order valence-corrected chi connectivity index (χ0v) is 12.8. The van der Waals surface area contributed by atoms with Crippen LogP contribution in [0.1, 0.15) is 23.6 Å². The maximum atomic E-state index is 5.43. The molecule has 1 aliphatic heterocycles. The Morgan fingerprint density at radius 2 is 1.76 bits per heavy atom. The molecule has 2 aromatic rings. The van der Waals surface area contributed by atoms with Gasteiger partial charge in [0.1, 0.15) is 0 Å². The van der Waals surface area contributed by atoms with E-state index in [1.165, 1.54) is 16.8 Å². The molecule has 0 aromatic heterocycles. The number of hydrogen-bond acceptors (Lipinski definition) is 3. The van der Waals surface area contributed by atoms with Crippen molar-refractivity contribution >= 4 is 5.69 Å². The third-order valence-electron chi connectivity index (χ3n) is 4.32. The molecule has 1 atom stereocenters. The van der Waals surface area contributed by atoms with Gasteiger partial charge in [-0.1, -0.05) is 24.3 Å². The van der Waals surface area contributed by atoms with Crippen LogP contribution < -0.4 is 14.4 Å². The fourth-order valence-electron chi connectivity index (χ4n) is 3.17. The Balaban J connectivity index is 1.95. The van der Waals surface area contributed by atoms with Crippen LogP contribution in [0, 0.1) is 0 Å². The molecule has 2 aromatic carbocycles. The van der Waals surface area contributed by atoms with E-state index in [1.54, 1.807) is 14.2 Å². The molecular weight excluding hydrogens is 262 g/mol. The first-order chi connectivity index (χ1) is 10.2. The predicted molar refractivity (Wildman–Crippen MR) is 85.5 cm³/mol. The summed E-state index contributed by atoms with van der Waals surface area (Å²) in [6.45, 7) is 0. The third kappa shape index (κ3) is 2.44. The van der Waals surface area contributed by atoms with Gasteiger partial charge in [-0.2, -0.15) is 0 Å². The predicted octanol–water partition coefficient (Wildman–Crippen LogP) is 3.83. The van der Waals surface area contributed by atoms with Crippen molar-refractivity contribution < 1.29 is 9.47 Å². The average Bonchev–Trinajstić information content (AvgIpc) is 2.55. The topological polar surface area (TPSA) is 21.7 Å². The van der Waals surface area contributed by atoms with Crippen molar-refractivity contribution in [1.82, 2.24) is 0 Å². The summed E-state index contributed by atoms with van der Waals surface area (Å²) >= 11 is 0. The fourth-order valence-corrected chi connectivity index (χ4v) is 3.17. The van der Waals surface area contributed by atoms with Crippen molar-refractivity contribution in [3.63, 3.8) is 0 Å². The van der Waals surface area contributed by atoms with Crippen molar-refractivity contribution in [2.75, 3.05) is 26.2 Å². The number of para-hydroxylation sites is 1. The molecule has 3 heteroatoms. The SMILES string of the molecule is COc1ccc(C2CCc3ccccc3N2C)cc1OC. The van der Waals surface area contributed by atoms with Gasteiger partial charge in [0, 0.05) is 12.7 Å². The van der Waals surface area contributed by atoms with Crippen LogP contribution in [0.2, 0.25) is 0 Å². The van der Waals surface area contributed by atoms with E-state index in [-0.39, 0.29) is 0 Å². The van der Waals surface area contributed by atoms with Crippen LogP contribution in [0.3, 0.4) is 0 Å². The van der Waals surface area contributed by atoms with Crippen LogP contribution in [0.5, 0.6) is 11.5 Å². The van der Waals surface area contributed by atoms with Crippen molar-refractivity contribution in [3.05, 3.63) is 53.6 Å². The number of fused-ring (bicyclic) bond motifs is 1. The Kier molecular flexibility index (Phi) is 3.74. The normalized spacial score (nSPS) is 17.3. The summed E-state index contributed by atoms with van der Waals surface area (Å²) < 4.78 is 10.8. The number of nitrogens with zero attached hydrogens (tertiary/aromatic N) is 1. The second kappa shape index (κ2) is 5.68. The summed E-state index contributed by atoms with van der Waals surface area (Å²) in [5.41, 5.74) is 4.02. The highest BCUT2D eigenvalue weighted by Crippen LogP contribution is 2.39. The van der Waals surface area contributed by atoms with E-state index >= 15 is 0 Å². The van der Waals surface area contributed by atoms with Gasteiger partial charge < -0.3 is 14.4 Å². The minimum Gasteiger partial charge on any atom is -0.493 e. The lowest BCUT2D eigenvalue weighted by atomic mass is 9.91. The molecule has 1 aliphatic rings. The number of benzene rings is 2. The van der Waals surface area contributed by atoms with Gasteiger partial charge >= 0.3 is 0 Å². The second-order valence-electron chi connectivity index (χ2n) is 5.41. The van der Waals surface area contributed by atoms with Crippen molar-refractivity contribution in [2.24, 2.45) is 0 Å². The largest absolute Gasteiger partial charge is 0.493 e. The molecule has 0 N–H and O–H groups in total. The summed E-state index contributed by atoms with van der Waals surface area (Å²) in [5, 5.41) is 0. The maximum absolute atomic E-state index is 5.43. The Hall–Kier alpha value is -2.16. The zero-order valence-electron chi connectivity index (χ0n) is 12.8. The second-order valence-corrected chi connectivity index (χ2v) is 5.41. The molecule has 0 saturated heterocycles. The van der Waals surface area contributed by atoms with Gasteiger partial charge in [0.2, 0.25) is 0 Å². The highest BCUT2D eigenvalue weighted by molar-refractivity contribution is 5.57. The molecular formula is C18H21NO2. The zero-order chi connectivity index (χ0) is 14.8. The number of ether oxygens (including phenoxy) is 2. The highest BCUT2D eigenvalue weighted by Gasteiger charge is 2.25. The lowest BCUT2D eigenvalue weighted by molar-refractivity contribution is 0.354. The first-order valence-corrected chi connectivity index (χ1v) is 7.27. The molecule has 0 aliphatic carbocycles. The highest BCUT2D eigenvalue weighted by atomic mass is 16.5. The number of rotatable bonds is 3. The van der Waals surface area contributed by atoms with E-state index in [0.717, 1.165) is 24.3 Å². The van der Waals surface area contributed by atoms with E-state index < -0.39 is 0 Å². The maximum Gasteiger partial charge on any atom is 0.161 e. The summed E-state index contributed by atoms with van der Waals surface area (Å²) in [5.74, 6) is 1.57. The minimum atomic E-state index is 0.375. The summed E-state index contributed by atoms with van der Waals surface area (Å²) in [7, 11) is 5.52. The molecule has 0 bridgehead atoms. The minimum absolute atomic E-state index is 0.375. The molecule has 21 heavy (non-hydrogen) atoms. The molecule has 110 valence electrons. The van der Waals surface area contributed by atoms with Crippen molar-refractivity contribution in [1.29, 1.82) is 0 Å². The van der Waals surface area contributed by atoms with Crippen LogP contribution in [0.4, 0.5) is 5.69 Å². The lowest BCUT2D eigenvalue weighted by Crippen LogP contribution is -2.29. The van der Waals surface area contributed by atoms with Crippen molar-refractivity contribution in [3.8, 4) is 11.5 Å². The third-order valence-corrected chi connectivity index (χ3v) is 4.32. The molecule has 3 nitrogen and oxygen atoms in total. The van der Waals surface area contributed by atoms with Gasteiger partial charge in [-0.05, 0) is 42.2 Å². The Labute approximate surface area is 126 Å². The van der Waals surface area contributed by atoms with E-state index in [1.807, 2.05) is 6.07 Å². The number of hydrogen-bond donors (Lipinski definition) is 0. The molecule has 0 saturated carbocycles. The standard InChI is InChI=1S/C18H21NO2/c1-19-15-7-5-4-6-13(15)8-10-16(19)14-9-11-17(20-2)18(12-14)21-3/h4-7,9,11-12,16H,8,10H2,1-3H3. The van der Waals surface area contributed by atoms with Gasteiger partial charge in [-0.15, -0.1) is 0 Å². The summed E-state index contributed by atoms with van der Waals surface area (Å²) in [6, 6.07) is 15.2. The van der Waals surface area contributed by atoms with Crippen LogP contribution in [0.15, 0.2) is 42.5 Å². The van der Waals surface area contributed by atoms with Gasteiger partial charge in [0.25, 0.3) is 0 Å². The van der Waals surface area contributed by atoms with E-state index in [2.05, 4.69) is 48.3 Å². The van der Waals surface area contributed by atoms with Crippen LogP contribution >= 0.6 is 0 Å². The Bertz CT molecular complexity index is 639. The summed E-state index contributed by atoms with van der Waals surface area (Å²) in [4.78, 5) is 2.36. The first-order valence-electron chi connectivity index (χ1n) is 7.27. The molecule has 1 unspecified atom stereocenters. The molecule has 0 fully saturated rings.